The molecule has 1 rings (SSSR count). The van der Waals surface area contributed by atoms with Gasteiger partial charge in [0, 0.05) is 6.07 Å². The van der Waals surface area contributed by atoms with Crippen LogP contribution in [0.2, 0.25) is 5.02 Å². The minimum Gasteiger partial charge on any atom is -0.360 e. The third-order valence-corrected chi connectivity index (χ3v) is 1.78. The van der Waals surface area contributed by atoms with Gasteiger partial charge in [0.15, 0.2) is 0 Å². The fourth-order valence-electron chi connectivity index (χ4n) is 0.842. The molecule has 16 heavy (non-hydrogen) atoms. The highest BCUT2D eigenvalue weighted by atomic mass is 35.5. The number of aromatic nitrogens is 1. The number of anilines is 1. The van der Waals surface area contributed by atoms with Crippen molar-refractivity contribution in [2.24, 2.45) is 0 Å². The molecule has 0 saturated carbocycles. The van der Waals surface area contributed by atoms with Crippen LogP contribution in [0.3, 0.4) is 0 Å². The highest BCUT2D eigenvalue weighted by Crippen LogP contribution is 2.25. The van der Waals surface area contributed by atoms with Gasteiger partial charge in [0.2, 0.25) is 0 Å². The third kappa shape index (κ3) is 3.54. The van der Waals surface area contributed by atoms with Crippen molar-refractivity contribution in [3.63, 3.8) is 0 Å². The summed E-state index contributed by atoms with van der Waals surface area (Å²) in [4.78, 5) is 13.0. The van der Waals surface area contributed by atoms with E-state index in [-0.39, 0.29) is 16.5 Å². The van der Waals surface area contributed by atoms with Crippen LogP contribution in [0.5, 0.6) is 0 Å². The van der Waals surface area contributed by atoms with E-state index < -0.39 is 17.6 Å². The second kappa shape index (κ2) is 4.52. The summed E-state index contributed by atoms with van der Waals surface area (Å²) in [6, 6.07) is 0.924. The second-order valence-electron chi connectivity index (χ2n) is 2.75. The van der Waals surface area contributed by atoms with Gasteiger partial charge >= 0.3 is 6.18 Å². The fourth-order valence-corrected chi connectivity index (χ4v) is 1.07. The van der Waals surface area contributed by atoms with Gasteiger partial charge in [0.05, 0.1) is 9.95 Å². The van der Waals surface area contributed by atoms with Gasteiger partial charge in [-0.1, -0.05) is 11.6 Å². The molecular formula is C7H5ClF3N3O2. The predicted molar refractivity (Wildman–Crippen MR) is 50.4 cm³/mol. The first-order valence-corrected chi connectivity index (χ1v) is 4.28. The molecule has 0 aliphatic heterocycles. The van der Waals surface area contributed by atoms with Gasteiger partial charge < -0.3 is 5.32 Å². The van der Waals surface area contributed by atoms with E-state index in [2.05, 4.69) is 4.98 Å². The number of rotatable bonds is 3. The number of pyridine rings is 1. The van der Waals surface area contributed by atoms with E-state index in [0.717, 1.165) is 12.3 Å². The summed E-state index contributed by atoms with van der Waals surface area (Å²) in [5, 5.41) is 12.0. The van der Waals surface area contributed by atoms with Gasteiger partial charge in [0.1, 0.15) is 18.6 Å². The van der Waals surface area contributed by atoms with Crippen LogP contribution >= 0.6 is 11.6 Å². The van der Waals surface area contributed by atoms with E-state index in [4.69, 9.17) is 11.6 Å². The Kier molecular flexibility index (Phi) is 3.53. The molecule has 1 aromatic heterocycles. The number of hydrogen-bond donors (Lipinski definition) is 1. The number of alkyl halides is 3. The maximum Gasteiger partial charge on any atom is 0.405 e. The number of nitro groups is 1. The zero-order chi connectivity index (χ0) is 12.3. The first-order chi connectivity index (χ1) is 7.29. The summed E-state index contributed by atoms with van der Waals surface area (Å²) in [5.74, 6) is -0.246. The van der Waals surface area contributed by atoms with Gasteiger partial charge in [-0.2, -0.15) is 13.2 Å². The normalized spacial score (nSPS) is 11.2. The molecule has 0 atom stereocenters. The van der Waals surface area contributed by atoms with Gasteiger partial charge in [-0.05, 0) is 0 Å². The number of halogens is 4. The van der Waals surface area contributed by atoms with Crippen LogP contribution in [0, 0.1) is 10.1 Å². The lowest BCUT2D eigenvalue weighted by Gasteiger charge is -2.09. The van der Waals surface area contributed by atoms with Crippen LogP contribution in [0.4, 0.5) is 24.7 Å². The van der Waals surface area contributed by atoms with Crippen molar-refractivity contribution in [1.29, 1.82) is 0 Å². The number of hydrogen-bond acceptors (Lipinski definition) is 4. The van der Waals surface area contributed by atoms with Crippen LogP contribution in [-0.2, 0) is 0 Å². The molecule has 0 aliphatic rings. The summed E-state index contributed by atoms with van der Waals surface area (Å²) >= 11 is 5.51. The Balaban J connectivity index is 2.80. The first kappa shape index (κ1) is 12.5. The maximum atomic E-state index is 11.8. The predicted octanol–water partition coefficient (Wildman–Crippen LogP) is 2.62. The lowest BCUT2D eigenvalue weighted by atomic mass is 10.4. The largest absolute Gasteiger partial charge is 0.405 e. The van der Waals surface area contributed by atoms with Crippen molar-refractivity contribution in [3.8, 4) is 0 Å². The number of nitrogens with one attached hydrogen (secondary N) is 1. The molecule has 5 nitrogen and oxygen atoms in total. The zero-order valence-electron chi connectivity index (χ0n) is 7.58. The Bertz CT molecular complexity index is 410. The standard InChI is InChI=1S/C7H5ClF3N3O2/c8-5-1-4(14(15)16)2-12-6(5)13-3-7(9,10)11/h1-2H,3H2,(H,12,13). The quantitative estimate of drug-likeness (QED) is 0.666. The Morgan fingerprint density at radius 3 is 2.62 bits per heavy atom. The smallest absolute Gasteiger partial charge is 0.360 e. The average Bonchev–Trinajstić information content (AvgIpc) is 2.14. The SMILES string of the molecule is O=[N+]([O-])c1cnc(NCC(F)(F)F)c(Cl)c1. The highest BCUT2D eigenvalue weighted by Gasteiger charge is 2.27. The van der Waals surface area contributed by atoms with Crippen molar-refractivity contribution in [2.75, 3.05) is 11.9 Å². The van der Waals surface area contributed by atoms with Crippen LogP contribution in [0.1, 0.15) is 0 Å². The average molecular weight is 256 g/mol. The van der Waals surface area contributed by atoms with Crippen molar-refractivity contribution < 1.29 is 18.1 Å². The van der Waals surface area contributed by atoms with E-state index >= 15 is 0 Å². The zero-order valence-corrected chi connectivity index (χ0v) is 8.34. The molecule has 9 heteroatoms. The lowest BCUT2D eigenvalue weighted by molar-refractivity contribution is -0.385. The van der Waals surface area contributed by atoms with Crippen LogP contribution in [0.25, 0.3) is 0 Å². The summed E-state index contributed by atoms with van der Waals surface area (Å²) in [7, 11) is 0. The van der Waals surface area contributed by atoms with E-state index in [1.807, 2.05) is 5.32 Å². The third-order valence-electron chi connectivity index (χ3n) is 1.49. The molecule has 0 spiro atoms. The summed E-state index contributed by atoms with van der Waals surface area (Å²) in [6.45, 7) is -1.31. The van der Waals surface area contributed by atoms with Crippen LogP contribution in [-0.4, -0.2) is 22.6 Å². The minimum absolute atomic E-state index is 0.238. The highest BCUT2D eigenvalue weighted by molar-refractivity contribution is 6.33. The molecular weight excluding hydrogens is 251 g/mol. The molecule has 0 unspecified atom stereocenters. The Hall–Kier alpha value is -1.57. The summed E-state index contributed by atoms with van der Waals surface area (Å²) in [6.07, 6.45) is -3.59. The second-order valence-corrected chi connectivity index (χ2v) is 3.16. The van der Waals surface area contributed by atoms with Crippen molar-refractivity contribution in [1.82, 2.24) is 4.98 Å². The minimum atomic E-state index is -4.41. The molecule has 0 radical (unpaired) electrons. The van der Waals surface area contributed by atoms with E-state index in [0.29, 0.717) is 0 Å². The topological polar surface area (TPSA) is 68.1 Å². The van der Waals surface area contributed by atoms with Crippen molar-refractivity contribution in [2.45, 2.75) is 6.18 Å². The maximum absolute atomic E-state index is 11.8. The van der Waals surface area contributed by atoms with E-state index in [9.17, 15) is 23.3 Å². The van der Waals surface area contributed by atoms with Crippen molar-refractivity contribution >= 4 is 23.1 Å². The molecule has 1 N–H and O–H groups in total. The number of nitrogens with zero attached hydrogens (tertiary/aromatic N) is 2. The first-order valence-electron chi connectivity index (χ1n) is 3.90. The van der Waals surface area contributed by atoms with Crippen LogP contribution in [0.15, 0.2) is 12.3 Å². The van der Waals surface area contributed by atoms with Crippen LogP contribution < -0.4 is 5.32 Å². The van der Waals surface area contributed by atoms with E-state index in [1.54, 1.807) is 0 Å². The Morgan fingerprint density at radius 2 is 2.19 bits per heavy atom. The van der Waals surface area contributed by atoms with Crippen molar-refractivity contribution in [3.05, 3.63) is 27.4 Å². The Labute approximate surface area is 92.4 Å². The van der Waals surface area contributed by atoms with Gasteiger partial charge in [-0.25, -0.2) is 4.98 Å². The Morgan fingerprint density at radius 1 is 1.56 bits per heavy atom. The van der Waals surface area contributed by atoms with E-state index in [1.165, 1.54) is 0 Å². The van der Waals surface area contributed by atoms with Gasteiger partial charge in [-0.3, -0.25) is 10.1 Å². The fraction of sp³-hybridized carbons (Fsp3) is 0.286. The molecule has 0 amide bonds. The van der Waals surface area contributed by atoms with Gasteiger partial charge in [0.25, 0.3) is 5.69 Å². The molecule has 0 saturated heterocycles. The molecule has 0 aromatic carbocycles. The monoisotopic (exact) mass is 255 g/mol. The molecule has 0 bridgehead atoms. The summed E-state index contributed by atoms with van der Waals surface area (Å²) < 4.78 is 35.5. The van der Waals surface area contributed by atoms with Gasteiger partial charge in [-0.15, -0.1) is 0 Å². The molecule has 0 fully saturated rings. The molecule has 88 valence electrons. The summed E-state index contributed by atoms with van der Waals surface area (Å²) in [5.41, 5.74) is -0.387. The molecule has 0 aliphatic carbocycles. The lowest BCUT2D eigenvalue weighted by Crippen LogP contribution is -2.21. The molecule has 1 heterocycles. The molecule has 1 aromatic rings.